The van der Waals surface area contributed by atoms with Crippen molar-refractivity contribution >= 4 is 39.8 Å². The van der Waals surface area contributed by atoms with Crippen LogP contribution in [-0.2, 0) is 0 Å². The van der Waals surface area contributed by atoms with E-state index in [2.05, 4.69) is 9.97 Å². The zero-order chi connectivity index (χ0) is 14.8. The summed E-state index contributed by atoms with van der Waals surface area (Å²) in [4.78, 5) is 21.4. The van der Waals surface area contributed by atoms with Gasteiger partial charge in [0.05, 0.1) is 16.1 Å². The fraction of sp³-hybridized carbons (Fsp3) is 0.133. The van der Waals surface area contributed by atoms with E-state index in [0.717, 1.165) is 10.3 Å². The molecular weight excluding hydrogens is 307 g/mol. The fourth-order valence-corrected chi connectivity index (χ4v) is 3.64. The van der Waals surface area contributed by atoms with Crippen LogP contribution in [0.15, 0.2) is 40.7 Å². The monoisotopic (exact) mass is 318 g/mol. The summed E-state index contributed by atoms with van der Waals surface area (Å²) in [5, 5.41) is 3.36. The fourth-order valence-electron chi connectivity index (χ4n) is 1.94. The SMILES string of the molecule is Cc1nc(SCC(=O)c2cccs2)c2ccc(F)cc2n1. The molecule has 3 aromatic rings. The molecule has 0 amide bonds. The number of rotatable bonds is 4. The van der Waals surface area contributed by atoms with E-state index in [-0.39, 0.29) is 11.6 Å². The van der Waals surface area contributed by atoms with Crippen molar-refractivity contribution in [2.24, 2.45) is 0 Å². The number of Topliss-reactive ketones (excluding diaryl/α,β-unsaturated/α-hetero) is 1. The molecule has 0 aliphatic heterocycles. The van der Waals surface area contributed by atoms with E-state index in [1.54, 1.807) is 13.0 Å². The van der Waals surface area contributed by atoms with Gasteiger partial charge in [0, 0.05) is 11.5 Å². The predicted octanol–water partition coefficient (Wildman–Crippen LogP) is 4.11. The molecule has 106 valence electrons. The number of carbonyl (C=O) groups is 1. The van der Waals surface area contributed by atoms with Crippen LogP contribution in [0.2, 0.25) is 0 Å². The number of thioether (sulfide) groups is 1. The lowest BCUT2D eigenvalue weighted by atomic mass is 10.2. The molecule has 0 N–H and O–H groups in total. The van der Waals surface area contributed by atoms with Crippen LogP contribution < -0.4 is 0 Å². The average Bonchev–Trinajstić information content (AvgIpc) is 2.97. The average molecular weight is 318 g/mol. The van der Waals surface area contributed by atoms with E-state index < -0.39 is 0 Å². The van der Waals surface area contributed by atoms with Crippen molar-refractivity contribution in [2.45, 2.75) is 11.9 Å². The minimum absolute atomic E-state index is 0.0709. The van der Waals surface area contributed by atoms with E-state index in [9.17, 15) is 9.18 Å². The maximum absolute atomic E-state index is 13.3. The third kappa shape index (κ3) is 3.11. The van der Waals surface area contributed by atoms with Gasteiger partial charge in [0.15, 0.2) is 5.78 Å². The van der Waals surface area contributed by atoms with Crippen LogP contribution in [0.5, 0.6) is 0 Å². The van der Waals surface area contributed by atoms with E-state index in [1.165, 1.54) is 35.2 Å². The summed E-state index contributed by atoms with van der Waals surface area (Å²) in [6.07, 6.45) is 0. The molecule has 0 saturated heterocycles. The Morgan fingerprint density at radius 2 is 2.19 bits per heavy atom. The second kappa shape index (κ2) is 5.91. The molecule has 6 heteroatoms. The topological polar surface area (TPSA) is 42.9 Å². The van der Waals surface area contributed by atoms with Gasteiger partial charge in [-0.2, -0.15) is 0 Å². The lowest BCUT2D eigenvalue weighted by Gasteiger charge is -2.06. The summed E-state index contributed by atoms with van der Waals surface area (Å²) >= 11 is 2.79. The number of nitrogens with zero attached hydrogens (tertiary/aromatic N) is 2. The predicted molar refractivity (Wildman–Crippen MR) is 83.6 cm³/mol. The summed E-state index contributed by atoms with van der Waals surface area (Å²) in [7, 11) is 0. The van der Waals surface area contributed by atoms with Crippen molar-refractivity contribution in [2.75, 3.05) is 5.75 Å². The first kappa shape index (κ1) is 14.2. The van der Waals surface area contributed by atoms with E-state index in [1.807, 2.05) is 17.5 Å². The summed E-state index contributed by atoms with van der Waals surface area (Å²) < 4.78 is 13.3. The summed E-state index contributed by atoms with van der Waals surface area (Å²) in [5.74, 6) is 0.621. The molecule has 0 bridgehead atoms. The number of benzene rings is 1. The van der Waals surface area contributed by atoms with E-state index >= 15 is 0 Å². The van der Waals surface area contributed by atoms with Gasteiger partial charge in [0.2, 0.25) is 0 Å². The van der Waals surface area contributed by atoms with Crippen LogP contribution in [0, 0.1) is 12.7 Å². The first-order valence-corrected chi connectivity index (χ1v) is 8.13. The van der Waals surface area contributed by atoms with Crippen molar-refractivity contribution in [3.8, 4) is 0 Å². The molecule has 0 atom stereocenters. The second-order valence-corrected chi connectivity index (χ2v) is 6.34. The molecule has 3 rings (SSSR count). The molecule has 0 spiro atoms. The van der Waals surface area contributed by atoms with Crippen LogP contribution in [0.1, 0.15) is 15.5 Å². The molecule has 2 heterocycles. The zero-order valence-electron chi connectivity index (χ0n) is 11.2. The summed E-state index contributed by atoms with van der Waals surface area (Å²) in [6, 6.07) is 8.09. The Morgan fingerprint density at radius 3 is 2.95 bits per heavy atom. The number of aromatic nitrogens is 2. The molecule has 0 aliphatic rings. The molecule has 3 nitrogen and oxygen atoms in total. The quantitative estimate of drug-likeness (QED) is 0.412. The molecular formula is C15H11FN2OS2. The standard InChI is InChI=1S/C15H11FN2OS2/c1-9-17-12-7-10(16)4-5-11(12)15(18-9)21-8-13(19)14-3-2-6-20-14/h2-7H,8H2,1H3. The highest BCUT2D eigenvalue weighted by Crippen LogP contribution is 2.27. The van der Waals surface area contributed by atoms with Crippen molar-refractivity contribution in [1.29, 1.82) is 0 Å². The second-order valence-electron chi connectivity index (χ2n) is 4.43. The number of hydrogen-bond acceptors (Lipinski definition) is 5. The normalized spacial score (nSPS) is 11.0. The lowest BCUT2D eigenvalue weighted by Crippen LogP contribution is -2.01. The number of aryl methyl sites for hydroxylation is 1. The van der Waals surface area contributed by atoms with Gasteiger partial charge < -0.3 is 0 Å². The first-order chi connectivity index (χ1) is 10.1. The minimum atomic E-state index is -0.328. The maximum Gasteiger partial charge on any atom is 0.183 e. The van der Waals surface area contributed by atoms with Gasteiger partial charge in [0.25, 0.3) is 0 Å². The van der Waals surface area contributed by atoms with Crippen LogP contribution in [0.4, 0.5) is 4.39 Å². The number of thiophene rings is 1. The van der Waals surface area contributed by atoms with Gasteiger partial charge in [-0.1, -0.05) is 17.8 Å². The maximum atomic E-state index is 13.3. The largest absolute Gasteiger partial charge is 0.292 e. The highest BCUT2D eigenvalue weighted by Gasteiger charge is 2.12. The van der Waals surface area contributed by atoms with Gasteiger partial charge in [-0.05, 0) is 30.5 Å². The number of hydrogen-bond donors (Lipinski definition) is 0. The summed E-state index contributed by atoms with van der Waals surface area (Å²) in [5.41, 5.74) is 0.563. The van der Waals surface area contributed by atoms with Crippen molar-refractivity contribution in [3.05, 3.63) is 52.2 Å². The molecule has 0 saturated carbocycles. The van der Waals surface area contributed by atoms with E-state index in [0.29, 0.717) is 22.1 Å². The Labute approximate surface area is 129 Å². The Bertz CT molecular complexity index is 798. The Kier molecular flexibility index (Phi) is 3.98. The number of halogens is 1. The zero-order valence-corrected chi connectivity index (χ0v) is 12.8. The van der Waals surface area contributed by atoms with Gasteiger partial charge in [-0.25, -0.2) is 14.4 Å². The molecule has 2 aromatic heterocycles. The van der Waals surface area contributed by atoms with Crippen LogP contribution >= 0.6 is 23.1 Å². The number of ketones is 1. The highest BCUT2D eigenvalue weighted by atomic mass is 32.2. The van der Waals surface area contributed by atoms with Crippen LogP contribution in [0.25, 0.3) is 10.9 Å². The molecule has 0 fully saturated rings. The molecule has 0 unspecified atom stereocenters. The highest BCUT2D eigenvalue weighted by molar-refractivity contribution is 8.00. The number of carbonyl (C=O) groups excluding carboxylic acids is 1. The van der Waals surface area contributed by atoms with Gasteiger partial charge in [0.1, 0.15) is 16.7 Å². The molecule has 21 heavy (non-hydrogen) atoms. The smallest absolute Gasteiger partial charge is 0.183 e. The van der Waals surface area contributed by atoms with Crippen molar-refractivity contribution in [1.82, 2.24) is 9.97 Å². The van der Waals surface area contributed by atoms with Gasteiger partial charge in [-0.15, -0.1) is 11.3 Å². The van der Waals surface area contributed by atoms with Crippen molar-refractivity contribution < 1.29 is 9.18 Å². The Hall–Kier alpha value is -1.79. The van der Waals surface area contributed by atoms with Crippen molar-refractivity contribution in [3.63, 3.8) is 0 Å². The lowest BCUT2D eigenvalue weighted by molar-refractivity contribution is 0.102. The van der Waals surface area contributed by atoms with Gasteiger partial charge >= 0.3 is 0 Å². The summed E-state index contributed by atoms with van der Waals surface area (Å²) in [6.45, 7) is 1.76. The molecule has 0 radical (unpaired) electrons. The Morgan fingerprint density at radius 1 is 1.33 bits per heavy atom. The third-order valence-electron chi connectivity index (χ3n) is 2.87. The third-order valence-corrected chi connectivity index (χ3v) is 4.77. The van der Waals surface area contributed by atoms with E-state index in [4.69, 9.17) is 0 Å². The minimum Gasteiger partial charge on any atom is -0.292 e. The number of fused-ring (bicyclic) bond motifs is 1. The Balaban J connectivity index is 1.88. The molecule has 0 aliphatic carbocycles. The molecule has 1 aromatic carbocycles. The first-order valence-electron chi connectivity index (χ1n) is 6.27. The van der Waals surface area contributed by atoms with Gasteiger partial charge in [-0.3, -0.25) is 4.79 Å². The van der Waals surface area contributed by atoms with Crippen LogP contribution in [-0.4, -0.2) is 21.5 Å². The van der Waals surface area contributed by atoms with Crippen LogP contribution in [0.3, 0.4) is 0 Å².